The summed E-state index contributed by atoms with van der Waals surface area (Å²) in [7, 11) is 0. The first kappa shape index (κ1) is 14.6. The van der Waals surface area contributed by atoms with E-state index >= 15 is 0 Å². The predicted molar refractivity (Wildman–Crippen MR) is 74.8 cm³/mol. The summed E-state index contributed by atoms with van der Waals surface area (Å²) in [5.41, 5.74) is 0.392. The second kappa shape index (κ2) is 6.55. The van der Waals surface area contributed by atoms with Crippen molar-refractivity contribution in [3.63, 3.8) is 0 Å². The highest BCUT2D eigenvalue weighted by molar-refractivity contribution is 6.34. The number of carbonyl (C=O) groups is 1. The zero-order chi connectivity index (χ0) is 13.8. The van der Waals surface area contributed by atoms with Gasteiger partial charge in [0, 0.05) is 19.7 Å². The minimum atomic E-state index is -0.112. The Bertz CT molecular complexity index is 466. The molecule has 2 rings (SSSR count). The molecule has 0 bridgehead atoms. The number of pyridine rings is 1. The largest absolute Gasteiger partial charge is 0.377 e. The van der Waals surface area contributed by atoms with Crippen LogP contribution in [0.3, 0.4) is 0 Å². The number of aromatic nitrogens is 1. The van der Waals surface area contributed by atoms with E-state index in [-0.39, 0.29) is 22.3 Å². The van der Waals surface area contributed by atoms with Crippen LogP contribution in [0.4, 0.5) is 0 Å². The molecule has 0 N–H and O–H groups in total. The monoisotopic (exact) mass is 302 g/mol. The van der Waals surface area contributed by atoms with Crippen LogP contribution in [0.15, 0.2) is 12.1 Å². The van der Waals surface area contributed by atoms with Gasteiger partial charge in [-0.3, -0.25) is 4.79 Å². The lowest BCUT2D eigenvalue weighted by Crippen LogP contribution is -2.43. The molecule has 1 amide bonds. The maximum atomic E-state index is 12.4. The first-order valence-electron chi connectivity index (χ1n) is 6.34. The van der Waals surface area contributed by atoms with Crippen molar-refractivity contribution in [3.8, 4) is 0 Å². The summed E-state index contributed by atoms with van der Waals surface area (Å²) in [4.78, 5) is 18.0. The van der Waals surface area contributed by atoms with Gasteiger partial charge in [0.25, 0.3) is 5.91 Å². The van der Waals surface area contributed by atoms with Gasteiger partial charge in [0.2, 0.25) is 0 Å². The highest BCUT2D eigenvalue weighted by Crippen LogP contribution is 2.21. The molecule has 2 heterocycles. The summed E-state index contributed by atoms with van der Waals surface area (Å²) in [5.74, 6) is -0.112. The lowest BCUT2D eigenvalue weighted by molar-refractivity contribution is 0.00723. The number of carbonyl (C=O) groups excluding carboxylic acids is 1. The zero-order valence-corrected chi connectivity index (χ0v) is 12.2. The van der Waals surface area contributed by atoms with Gasteiger partial charge >= 0.3 is 0 Å². The van der Waals surface area contributed by atoms with E-state index in [9.17, 15) is 4.79 Å². The van der Waals surface area contributed by atoms with Gasteiger partial charge in [0.05, 0.1) is 11.7 Å². The molecular weight excluding hydrogens is 287 g/mol. The average Bonchev–Trinajstić information content (AvgIpc) is 2.39. The number of hydrogen-bond acceptors (Lipinski definition) is 3. The SMILES string of the molecule is CCOC1CCCN(C(=O)c2ccc(Cl)nc2Cl)C1. The van der Waals surface area contributed by atoms with E-state index in [4.69, 9.17) is 27.9 Å². The molecule has 1 aromatic rings. The zero-order valence-electron chi connectivity index (χ0n) is 10.7. The average molecular weight is 303 g/mol. The summed E-state index contributed by atoms with van der Waals surface area (Å²) in [6, 6.07) is 3.19. The van der Waals surface area contributed by atoms with Crippen molar-refractivity contribution >= 4 is 29.1 Å². The Morgan fingerprint density at radius 2 is 2.32 bits per heavy atom. The summed E-state index contributed by atoms with van der Waals surface area (Å²) in [5, 5.41) is 0.434. The van der Waals surface area contributed by atoms with Crippen LogP contribution in [0.1, 0.15) is 30.1 Å². The minimum Gasteiger partial charge on any atom is -0.377 e. The van der Waals surface area contributed by atoms with E-state index in [1.165, 1.54) is 0 Å². The Hall–Kier alpha value is -0.840. The lowest BCUT2D eigenvalue weighted by atomic mass is 10.1. The van der Waals surface area contributed by atoms with E-state index in [1.807, 2.05) is 6.92 Å². The van der Waals surface area contributed by atoms with Crippen molar-refractivity contribution in [1.29, 1.82) is 0 Å². The number of nitrogens with zero attached hydrogens (tertiary/aromatic N) is 2. The highest BCUT2D eigenvalue weighted by Gasteiger charge is 2.26. The lowest BCUT2D eigenvalue weighted by Gasteiger charge is -2.32. The van der Waals surface area contributed by atoms with Gasteiger partial charge in [0.1, 0.15) is 10.3 Å². The molecule has 1 atom stereocenters. The van der Waals surface area contributed by atoms with Gasteiger partial charge in [0.15, 0.2) is 0 Å². The van der Waals surface area contributed by atoms with Crippen molar-refractivity contribution in [2.45, 2.75) is 25.9 Å². The molecule has 1 aromatic heterocycles. The molecule has 1 unspecified atom stereocenters. The quantitative estimate of drug-likeness (QED) is 0.806. The van der Waals surface area contributed by atoms with Crippen LogP contribution in [0.2, 0.25) is 10.3 Å². The second-order valence-corrected chi connectivity index (χ2v) is 5.19. The molecule has 1 aliphatic heterocycles. The van der Waals surface area contributed by atoms with Crippen molar-refractivity contribution in [2.24, 2.45) is 0 Å². The maximum Gasteiger partial charge on any atom is 0.257 e. The fourth-order valence-electron chi connectivity index (χ4n) is 2.24. The molecular formula is C13H16Cl2N2O2. The summed E-state index contributed by atoms with van der Waals surface area (Å²) >= 11 is 11.7. The topological polar surface area (TPSA) is 42.4 Å². The fraction of sp³-hybridized carbons (Fsp3) is 0.538. The number of piperidine rings is 1. The Morgan fingerprint density at radius 3 is 3.00 bits per heavy atom. The molecule has 19 heavy (non-hydrogen) atoms. The van der Waals surface area contributed by atoms with Crippen LogP contribution >= 0.6 is 23.2 Å². The van der Waals surface area contributed by atoms with Crippen LogP contribution in [-0.4, -0.2) is 41.6 Å². The van der Waals surface area contributed by atoms with Crippen LogP contribution in [0.5, 0.6) is 0 Å². The highest BCUT2D eigenvalue weighted by atomic mass is 35.5. The predicted octanol–water partition coefficient (Wildman–Crippen LogP) is 3.03. The van der Waals surface area contributed by atoms with E-state index in [0.29, 0.717) is 18.7 Å². The molecule has 1 fully saturated rings. The van der Waals surface area contributed by atoms with Crippen LogP contribution in [0.25, 0.3) is 0 Å². The number of likely N-dealkylation sites (tertiary alicyclic amines) is 1. The van der Waals surface area contributed by atoms with E-state index < -0.39 is 0 Å². The third-order valence-corrected chi connectivity index (χ3v) is 3.61. The van der Waals surface area contributed by atoms with Crippen LogP contribution in [-0.2, 0) is 4.74 Å². The van der Waals surface area contributed by atoms with Crippen LogP contribution in [0, 0.1) is 0 Å². The molecule has 0 aliphatic carbocycles. The normalized spacial score (nSPS) is 19.5. The van der Waals surface area contributed by atoms with Crippen molar-refractivity contribution in [1.82, 2.24) is 9.88 Å². The molecule has 4 nitrogen and oxygen atoms in total. The van der Waals surface area contributed by atoms with Crippen molar-refractivity contribution in [3.05, 3.63) is 28.0 Å². The summed E-state index contributed by atoms with van der Waals surface area (Å²) in [6.45, 7) is 3.95. The van der Waals surface area contributed by atoms with Gasteiger partial charge in [-0.2, -0.15) is 0 Å². The Morgan fingerprint density at radius 1 is 1.53 bits per heavy atom. The Kier molecular flexibility index (Phi) is 5.02. The number of ether oxygens (including phenoxy) is 1. The number of halogens is 2. The van der Waals surface area contributed by atoms with E-state index in [0.717, 1.165) is 19.4 Å². The minimum absolute atomic E-state index is 0.112. The van der Waals surface area contributed by atoms with Gasteiger partial charge in [-0.05, 0) is 31.9 Å². The van der Waals surface area contributed by atoms with Gasteiger partial charge in [-0.25, -0.2) is 4.98 Å². The van der Waals surface area contributed by atoms with Crippen molar-refractivity contribution < 1.29 is 9.53 Å². The summed E-state index contributed by atoms with van der Waals surface area (Å²) < 4.78 is 5.58. The summed E-state index contributed by atoms with van der Waals surface area (Å²) in [6.07, 6.45) is 2.04. The number of amides is 1. The fourth-order valence-corrected chi connectivity index (χ4v) is 2.66. The van der Waals surface area contributed by atoms with Crippen molar-refractivity contribution in [2.75, 3.05) is 19.7 Å². The third-order valence-electron chi connectivity index (χ3n) is 3.11. The van der Waals surface area contributed by atoms with E-state index in [2.05, 4.69) is 4.98 Å². The molecule has 0 spiro atoms. The Labute approximate surface area is 122 Å². The third kappa shape index (κ3) is 3.59. The standard InChI is InChI=1S/C13H16Cl2N2O2/c1-2-19-9-4-3-7-17(8-9)13(18)10-5-6-11(14)16-12(10)15/h5-6,9H,2-4,7-8H2,1H3. The molecule has 1 aliphatic rings. The van der Waals surface area contributed by atoms with Gasteiger partial charge < -0.3 is 9.64 Å². The molecule has 0 radical (unpaired) electrons. The molecule has 1 saturated heterocycles. The first-order valence-corrected chi connectivity index (χ1v) is 7.10. The Balaban J connectivity index is 2.10. The second-order valence-electron chi connectivity index (χ2n) is 4.44. The van der Waals surface area contributed by atoms with Crippen LogP contribution < -0.4 is 0 Å². The number of rotatable bonds is 3. The molecule has 0 aromatic carbocycles. The first-order chi connectivity index (χ1) is 9.11. The number of hydrogen-bond donors (Lipinski definition) is 0. The smallest absolute Gasteiger partial charge is 0.257 e. The van der Waals surface area contributed by atoms with E-state index in [1.54, 1.807) is 17.0 Å². The van der Waals surface area contributed by atoms with Gasteiger partial charge in [-0.15, -0.1) is 0 Å². The molecule has 6 heteroatoms. The molecule has 104 valence electrons. The molecule has 0 saturated carbocycles. The maximum absolute atomic E-state index is 12.4. The van der Waals surface area contributed by atoms with Gasteiger partial charge in [-0.1, -0.05) is 23.2 Å².